The summed E-state index contributed by atoms with van der Waals surface area (Å²) in [5, 5.41) is 9.46. The average molecular weight is 358 g/mol. The number of likely N-dealkylation sites (tertiary alicyclic amines) is 1. The van der Waals surface area contributed by atoms with Crippen LogP contribution < -0.4 is 0 Å². The van der Waals surface area contributed by atoms with E-state index in [0.29, 0.717) is 18.3 Å². The molecule has 4 nitrogen and oxygen atoms in total. The van der Waals surface area contributed by atoms with Crippen molar-refractivity contribution in [2.24, 2.45) is 17.8 Å². The zero-order valence-corrected chi connectivity index (χ0v) is 13.5. The molecule has 0 bridgehead atoms. The van der Waals surface area contributed by atoms with E-state index in [2.05, 4.69) is 0 Å². The van der Waals surface area contributed by atoms with Crippen molar-refractivity contribution < 1.29 is 14.7 Å². The van der Waals surface area contributed by atoms with Gasteiger partial charge in [-0.15, -0.1) is 0 Å². The van der Waals surface area contributed by atoms with Crippen LogP contribution in [0.4, 0.5) is 0 Å². The molecule has 1 heterocycles. The van der Waals surface area contributed by atoms with Crippen molar-refractivity contribution >= 4 is 49.6 Å². The number of carbonyl (C=O) groups excluding carboxylic acids is 1. The third kappa shape index (κ3) is 4.96. The Morgan fingerprint density at radius 3 is 2.21 bits per heavy atom. The zero-order chi connectivity index (χ0) is 16.2. The van der Waals surface area contributed by atoms with Crippen molar-refractivity contribution in [3.8, 4) is 0 Å². The molecule has 1 aromatic rings. The third-order valence-electron chi connectivity index (χ3n) is 5.42. The maximum absolute atomic E-state index is 12.6. The summed E-state index contributed by atoms with van der Waals surface area (Å²) in [5.74, 6) is -0.204. The number of benzene rings is 1. The predicted molar refractivity (Wildman–Crippen MR) is 96.5 cm³/mol. The van der Waals surface area contributed by atoms with Crippen LogP contribution in [0.15, 0.2) is 30.3 Å². The van der Waals surface area contributed by atoms with Crippen LogP contribution in [0, 0.1) is 17.8 Å². The van der Waals surface area contributed by atoms with Crippen LogP contribution in [0.5, 0.6) is 0 Å². The van der Waals surface area contributed by atoms with Gasteiger partial charge in [-0.05, 0) is 36.7 Å². The molecule has 1 saturated carbocycles. The van der Waals surface area contributed by atoms with Gasteiger partial charge in [-0.25, -0.2) is 0 Å². The molecule has 1 aliphatic carbocycles. The van der Waals surface area contributed by atoms with Gasteiger partial charge in [0.2, 0.25) is 5.91 Å². The maximum atomic E-state index is 12.6. The number of aliphatic carboxylic acids is 1. The molecule has 1 aliphatic heterocycles. The number of carbonyl (C=O) groups is 2. The van der Waals surface area contributed by atoms with Gasteiger partial charge in [0.15, 0.2) is 0 Å². The zero-order valence-electron chi connectivity index (χ0n) is 13.5. The van der Waals surface area contributed by atoms with Gasteiger partial charge in [-0.2, -0.15) is 0 Å². The van der Waals surface area contributed by atoms with E-state index in [0.717, 1.165) is 18.7 Å². The SMILES string of the molecule is O=C(O)[C@H](CC(=O)N1CC2CCCCC2C1)Cc1ccccc1.[CaH2]. The molecule has 1 saturated heterocycles. The van der Waals surface area contributed by atoms with E-state index < -0.39 is 11.9 Å². The summed E-state index contributed by atoms with van der Waals surface area (Å²) < 4.78 is 0. The summed E-state index contributed by atoms with van der Waals surface area (Å²) in [6.45, 7) is 1.67. The number of amides is 1. The molecular formula is C19H27CaNO3. The first-order chi connectivity index (χ1) is 11.1. The van der Waals surface area contributed by atoms with Crippen molar-refractivity contribution in [3.63, 3.8) is 0 Å². The quantitative estimate of drug-likeness (QED) is 0.821. The summed E-state index contributed by atoms with van der Waals surface area (Å²) in [5.41, 5.74) is 0.975. The van der Waals surface area contributed by atoms with Crippen LogP contribution in [-0.4, -0.2) is 72.7 Å². The molecule has 2 aliphatic rings. The molecule has 1 N–H and O–H groups in total. The third-order valence-corrected chi connectivity index (χ3v) is 5.42. The molecule has 2 fully saturated rings. The Kier molecular flexibility index (Phi) is 7.58. The Morgan fingerprint density at radius 1 is 1.08 bits per heavy atom. The van der Waals surface area contributed by atoms with E-state index in [1.54, 1.807) is 0 Å². The molecule has 0 spiro atoms. The molecule has 0 radical (unpaired) electrons. The Bertz CT molecular complexity index is 549. The topological polar surface area (TPSA) is 57.6 Å². The normalized spacial score (nSPS) is 23.9. The second-order valence-electron chi connectivity index (χ2n) is 7.03. The summed E-state index contributed by atoms with van der Waals surface area (Å²) in [6.07, 6.45) is 5.53. The van der Waals surface area contributed by atoms with Crippen LogP contribution in [0.2, 0.25) is 0 Å². The molecule has 3 atom stereocenters. The van der Waals surface area contributed by atoms with Crippen LogP contribution in [0.25, 0.3) is 0 Å². The molecule has 2 unspecified atom stereocenters. The van der Waals surface area contributed by atoms with Gasteiger partial charge >= 0.3 is 43.7 Å². The van der Waals surface area contributed by atoms with Gasteiger partial charge in [0, 0.05) is 19.5 Å². The molecule has 128 valence electrons. The van der Waals surface area contributed by atoms with Gasteiger partial charge in [0.05, 0.1) is 5.92 Å². The van der Waals surface area contributed by atoms with Crippen molar-refractivity contribution in [3.05, 3.63) is 35.9 Å². The summed E-state index contributed by atoms with van der Waals surface area (Å²) in [6, 6.07) is 9.56. The summed E-state index contributed by atoms with van der Waals surface area (Å²) in [4.78, 5) is 26.0. The molecule has 1 aromatic carbocycles. The van der Waals surface area contributed by atoms with Crippen molar-refractivity contribution in [1.82, 2.24) is 4.90 Å². The minimum absolute atomic E-state index is 0. The van der Waals surface area contributed by atoms with E-state index in [-0.39, 0.29) is 50.1 Å². The molecule has 0 aromatic heterocycles. The number of hydrogen-bond acceptors (Lipinski definition) is 2. The Balaban J connectivity index is 0.00000208. The molecule has 5 heteroatoms. The monoisotopic (exact) mass is 357 g/mol. The van der Waals surface area contributed by atoms with Gasteiger partial charge < -0.3 is 10.0 Å². The standard InChI is InChI=1S/C19H25NO3.Ca.2H/c21-18(20-12-15-8-4-5-9-16(15)13-20)11-17(19(22)23)10-14-6-2-1-3-7-14;;;/h1-3,6-7,15-17H,4-5,8-13H2,(H,22,23);;;/t15?,16?,17-;;;/m0.../s1. The molecular weight excluding hydrogens is 330 g/mol. The Morgan fingerprint density at radius 2 is 1.67 bits per heavy atom. The minimum atomic E-state index is -0.876. The van der Waals surface area contributed by atoms with Crippen LogP contribution in [0.1, 0.15) is 37.7 Å². The van der Waals surface area contributed by atoms with E-state index >= 15 is 0 Å². The van der Waals surface area contributed by atoms with Gasteiger partial charge in [-0.1, -0.05) is 43.2 Å². The first-order valence-corrected chi connectivity index (χ1v) is 8.68. The van der Waals surface area contributed by atoms with Crippen molar-refractivity contribution in [2.45, 2.75) is 38.5 Å². The second-order valence-corrected chi connectivity index (χ2v) is 7.03. The fourth-order valence-electron chi connectivity index (χ4n) is 4.09. The van der Waals surface area contributed by atoms with Crippen molar-refractivity contribution in [2.75, 3.05) is 13.1 Å². The Labute approximate surface area is 173 Å². The average Bonchev–Trinajstić information content (AvgIpc) is 2.99. The fraction of sp³-hybridized carbons (Fsp3) is 0.579. The number of hydrogen-bond donors (Lipinski definition) is 1. The van der Waals surface area contributed by atoms with Gasteiger partial charge in [0.25, 0.3) is 0 Å². The second kappa shape index (κ2) is 9.21. The molecule has 1 amide bonds. The van der Waals surface area contributed by atoms with E-state index in [1.165, 1.54) is 25.7 Å². The molecule has 3 rings (SSSR count). The van der Waals surface area contributed by atoms with E-state index in [9.17, 15) is 14.7 Å². The van der Waals surface area contributed by atoms with Crippen LogP contribution in [-0.2, 0) is 16.0 Å². The van der Waals surface area contributed by atoms with Gasteiger partial charge in [-0.3, -0.25) is 9.59 Å². The van der Waals surface area contributed by atoms with Gasteiger partial charge in [0.1, 0.15) is 0 Å². The Hall–Kier alpha value is -0.580. The number of rotatable bonds is 5. The fourth-order valence-corrected chi connectivity index (χ4v) is 4.09. The van der Waals surface area contributed by atoms with E-state index in [1.807, 2.05) is 35.2 Å². The number of carboxylic acid groups (broad SMARTS) is 1. The summed E-state index contributed by atoms with van der Waals surface area (Å²) in [7, 11) is 0. The number of nitrogens with zero attached hydrogens (tertiary/aromatic N) is 1. The summed E-state index contributed by atoms with van der Waals surface area (Å²) >= 11 is 0. The van der Waals surface area contributed by atoms with Crippen LogP contribution in [0.3, 0.4) is 0 Å². The van der Waals surface area contributed by atoms with Crippen molar-refractivity contribution in [1.29, 1.82) is 0 Å². The van der Waals surface area contributed by atoms with Crippen LogP contribution >= 0.6 is 0 Å². The first kappa shape index (κ1) is 19.7. The van der Waals surface area contributed by atoms with E-state index in [4.69, 9.17) is 0 Å². The number of fused-ring (bicyclic) bond motifs is 1. The predicted octanol–water partition coefficient (Wildman–Crippen LogP) is 2.05. The number of carboxylic acids is 1. The first-order valence-electron chi connectivity index (χ1n) is 8.68. The molecule has 24 heavy (non-hydrogen) atoms.